The normalized spacial score (nSPS) is 43.1. The lowest BCUT2D eigenvalue weighted by atomic mass is 9.40. The Balaban J connectivity index is 2.32. The summed E-state index contributed by atoms with van der Waals surface area (Å²) >= 11 is 0. The first-order valence-electron chi connectivity index (χ1n) is 13.7. The van der Waals surface area contributed by atoms with Gasteiger partial charge in [0.05, 0.1) is 17.8 Å². The third kappa shape index (κ3) is 4.36. The molecule has 1 saturated heterocycles. The van der Waals surface area contributed by atoms with Gasteiger partial charge in [-0.2, -0.15) is 0 Å². The predicted molar refractivity (Wildman–Crippen MR) is 147 cm³/mol. The molecule has 0 amide bonds. The van der Waals surface area contributed by atoms with Crippen LogP contribution < -0.4 is 0 Å². The number of esters is 1. The Kier molecular flexibility index (Phi) is 7.84. The van der Waals surface area contributed by atoms with Crippen molar-refractivity contribution < 1.29 is 38.4 Å². The van der Waals surface area contributed by atoms with E-state index in [2.05, 4.69) is 40.4 Å². The second-order valence-corrected chi connectivity index (χ2v) is 19.3. The Hall–Kier alpha value is -1.10. The van der Waals surface area contributed by atoms with Crippen LogP contribution in [-0.2, 0) is 28.2 Å². The monoisotopic (exact) mass is 554 g/mol. The van der Waals surface area contributed by atoms with E-state index in [0.717, 1.165) is 0 Å². The highest BCUT2D eigenvalue weighted by atomic mass is 28.4. The van der Waals surface area contributed by atoms with E-state index >= 15 is 0 Å². The number of Topliss-reactive ketones (excluding diaryl/α,β-unsaturated/α-hetero) is 1. The lowest BCUT2D eigenvalue weighted by Crippen LogP contribution is -2.87. The van der Waals surface area contributed by atoms with E-state index in [1.807, 2.05) is 20.8 Å². The van der Waals surface area contributed by atoms with Crippen LogP contribution in [0.4, 0.5) is 0 Å². The van der Waals surface area contributed by atoms with Gasteiger partial charge in [0.25, 0.3) is 0 Å². The predicted octanol–water partition coefficient (Wildman–Crippen LogP) is 4.18. The zero-order valence-corrected chi connectivity index (χ0v) is 26.3. The third-order valence-corrected chi connectivity index (χ3v) is 14.9. The molecule has 0 unspecified atom stereocenters. The zero-order valence-electron chi connectivity index (χ0n) is 25.3. The van der Waals surface area contributed by atoms with E-state index in [9.17, 15) is 19.8 Å². The minimum Gasteiger partial charge on any atom is -0.455 e. The van der Waals surface area contributed by atoms with Crippen molar-refractivity contribution in [3.05, 3.63) is 12.7 Å². The molecule has 9 heteroatoms. The summed E-state index contributed by atoms with van der Waals surface area (Å²) in [6.07, 6.45) is -0.371. The van der Waals surface area contributed by atoms with Gasteiger partial charge >= 0.3 is 5.97 Å². The van der Waals surface area contributed by atoms with Gasteiger partial charge in [0.1, 0.15) is 12.2 Å². The molecule has 3 aliphatic rings. The summed E-state index contributed by atoms with van der Waals surface area (Å²) in [5.74, 6) is -1.78. The van der Waals surface area contributed by atoms with E-state index in [1.165, 1.54) is 13.2 Å². The van der Waals surface area contributed by atoms with Gasteiger partial charge in [-0.05, 0) is 50.2 Å². The van der Waals surface area contributed by atoms with Crippen molar-refractivity contribution in [1.82, 2.24) is 0 Å². The van der Waals surface area contributed by atoms with Crippen LogP contribution in [0.3, 0.4) is 0 Å². The SMILES string of the molecule is C=C[C@@]1(C)CC(=O)[C@]2(O)[C@@]3(C)[C@@H](O[Si](C)(C)C(C)(C)C)CCC(C)(C)[C@@H]3[C@H](O)[C@H](OC(=O)COC)[C@@]2(C)O1. The minimum atomic E-state index is -2.37. The van der Waals surface area contributed by atoms with Crippen LogP contribution in [0.2, 0.25) is 18.1 Å². The molecule has 2 saturated carbocycles. The van der Waals surface area contributed by atoms with Crippen molar-refractivity contribution in [1.29, 1.82) is 0 Å². The molecular weight excluding hydrogens is 504 g/mol. The molecule has 0 aromatic rings. The second kappa shape index (κ2) is 9.48. The van der Waals surface area contributed by atoms with Crippen molar-refractivity contribution in [2.45, 2.75) is 128 Å². The molecule has 0 aromatic heterocycles. The number of fused-ring (bicyclic) bond motifs is 3. The first-order valence-corrected chi connectivity index (χ1v) is 16.6. The molecule has 3 fully saturated rings. The molecule has 0 bridgehead atoms. The minimum absolute atomic E-state index is 0.104. The molecule has 3 rings (SSSR count). The number of carbonyl (C=O) groups is 2. The number of methoxy groups -OCH3 is 1. The summed E-state index contributed by atoms with van der Waals surface area (Å²) in [6, 6.07) is 0. The number of hydrogen-bond acceptors (Lipinski definition) is 8. The van der Waals surface area contributed by atoms with Crippen LogP contribution in [0.1, 0.15) is 74.7 Å². The summed E-state index contributed by atoms with van der Waals surface area (Å²) in [5.41, 5.74) is -6.81. The van der Waals surface area contributed by atoms with Crippen LogP contribution >= 0.6 is 0 Å². The highest BCUT2D eigenvalue weighted by molar-refractivity contribution is 6.74. The lowest BCUT2D eigenvalue weighted by molar-refractivity contribution is -0.369. The third-order valence-electron chi connectivity index (χ3n) is 10.5. The number of aliphatic hydroxyl groups is 2. The van der Waals surface area contributed by atoms with E-state index in [4.69, 9.17) is 18.6 Å². The van der Waals surface area contributed by atoms with Crippen molar-refractivity contribution in [3.8, 4) is 0 Å². The molecule has 2 N–H and O–H groups in total. The number of carbonyl (C=O) groups excluding carboxylic acids is 2. The maximum Gasteiger partial charge on any atom is 0.332 e. The summed E-state index contributed by atoms with van der Waals surface area (Å²) < 4.78 is 24.4. The summed E-state index contributed by atoms with van der Waals surface area (Å²) in [7, 11) is -1.00. The fraction of sp³-hybridized carbons (Fsp3) is 0.862. The van der Waals surface area contributed by atoms with Crippen molar-refractivity contribution in [2.75, 3.05) is 13.7 Å². The largest absolute Gasteiger partial charge is 0.455 e. The Morgan fingerprint density at radius 1 is 1.21 bits per heavy atom. The van der Waals surface area contributed by atoms with Crippen LogP contribution in [0, 0.1) is 16.7 Å². The molecule has 8 nitrogen and oxygen atoms in total. The average Bonchev–Trinajstić information content (AvgIpc) is 2.76. The van der Waals surface area contributed by atoms with Crippen LogP contribution in [-0.4, -0.2) is 79.1 Å². The molecule has 1 heterocycles. The number of hydrogen-bond donors (Lipinski definition) is 2. The standard InChI is InChI=1S/C29H50O8Si/c1-13-26(7)16-18(30)29(33)27(8)19(36-38(11,12)24(2,3)4)14-15-25(5,6)22(27)21(32)23(28(29,9)37-26)35-20(31)17-34-10/h13,19,21-23,32-33H,1,14-17H2,2-12H3/t19-,21-,22-,23-,26-,27-,28+,29-/m0/s1. The van der Waals surface area contributed by atoms with Crippen LogP contribution in [0.15, 0.2) is 12.7 Å². The highest BCUT2D eigenvalue weighted by Gasteiger charge is 2.81. The van der Waals surface area contributed by atoms with E-state index in [0.29, 0.717) is 12.8 Å². The topological polar surface area (TPSA) is 112 Å². The Morgan fingerprint density at radius 3 is 2.29 bits per heavy atom. The molecule has 8 atom stereocenters. The summed E-state index contributed by atoms with van der Waals surface area (Å²) in [5, 5.41) is 24.9. The van der Waals surface area contributed by atoms with Gasteiger partial charge in [-0.3, -0.25) is 4.79 Å². The molecule has 218 valence electrons. The zero-order chi connectivity index (χ0) is 29.3. The van der Waals surface area contributed by atoms with Crippen molar-refractivity contribution in [3.63, 3.8) is 0 Å². The second-order valence-electron chi connectivity index (χ2n) is 14.5. The first-order chi connectivity index (χ1) is 17.1. The van der Waals surface area contributed by atoms with Crippen LogP contribution in [0.25, 0.3) is 0 Å². The fourth-order valence-electron chi connectivity index (χ4n) is 7.47. The van der Waals surface area contributed by atoms with E-state index in [-0.39, 0.29) is 18.1 Å². The van der Waals surface area contributed by atoms with Gasteiger partial charge in [0.15, 0.2) is 25.8 Å². The van der Waals surface area contributed by atoms with Crippen molar-refractivity contribution in [2.24, 2.45) is 16.7 Å². The van der Waals surface area contributed by atoms with Gasteiger partial charge in [0, 0.05) is 24.9 Å². The summed E-state index contributed by atoms with van der Waals surface area (Å²) in [4.78, 5) is 27.0. The first kappa shape index (κ1) is 31.4. The quantitative estimate of drug-likeness (QED) is 0.286. The maximum absolute atomic E-state index is 14.3. The van der Waals surface area contributed by atoms with Gasteiger partial charge in [0.2, 0.25) is 0 Å². The summed E-state index contributed by atoms with van der Waals surface area (Å²) in [6.45, 7) is 23.5. The molecule has 0 radical (unpaired) electrons. The van der Waals surface area contributed by atoms with Crippen molar-refractivity contribution >= 4 is 20.1 Å². The number of rotatable bonds is 6. The van der Waals surface area contributed by atoms with E-state index in [1.54, 1.807) is 13.8 Å². The number of ketones is 1. The number of aliphatic hydroxyl groups excluding tert-OH is 1. The Labute approximate surface area is 229 Å². The molecule has 1 aliphatic heterocycles. The Bertz CT molecular complexity index is 972. The smallest absolute Gasteiger partial charge is 0.332 e. The average molecular weight is 555 g/mol. The molecule has 38 heavy (non-hydrogen) atoms. The fourth-order valence-corrected chi connectivity index (χ4v) is 8.89. The molecule has 0 spiro atoms. The molecule has 0 aromatic carbocycles. The highest BCUT2D eigenvalue weighted by Crippen LogP contribution is 2.68. The van der Waals surface area contributed by atoms with Gasteiger partial charge in [-0.1, -0.05) is 47.6 Å². The van der Waals surface area contributed by atoms with Gasteiger partial charge in [-0.25, -0.2) is 4.79 Å². The Morgan fingerprint density at radius 2 is 1.79 bits per heavy atom. The number of ether oxygens (including phenoxy) is 3. The lowest BCUT2D eigenvalue weighted by Gasteiger charge is -2.72. The maximum atomic E-state index is 14.3. The van der Waals surface area contributed by atoms with Gasteiger partial charge in [-0.15, -0.1) is 6.58 Å². The molecular formula is C29H50O8Si. The van der Waals surface area contributed by atoms with E-state index < -0.39 is 71.9 Å². The van der Waals surface area contributed by atoms with Crippen LogP contribution in [0.5, 0.6) is 0 Å². The molecule has 2 aliphatic carbocycles. The van der Waals surface area contributed by atoms with Gasteiger partial charge < -0.3 is 28.8 Å².